The Balaban J connectivity index is 1.79. The molecule has 2 aromatic rings. The van der Waals surface area contributed by atoms with Crippen LogP contribution in [0.4, 0.5) is 4.39 Å². The number of hydrogen-bond donors (Lipinski definition) is 1. The Morgan fingerprint density at radius 2 is 1.67 bits per heavy atom. The van der Waals surface area contributed by atoms with Crippen molar-refractivity contribution in [2.45, 2.75) is 20.4 Å². The van der Waals surface area contributed by atoms with Gasteiger partial charge in [-0.15, -0.1) is 0 Å². The lowest BCUT2D eigenvalue weighted by Crippen LogP contribution is -2.42. The van der Waals surface area contributed by atoms with Gasteiger partial charge in [0, 0.05) is 13.1 Å². The quantitative estimate of drug-likeness (QED) is 0.602. The molecule has 0 bridgehead atoms. The second-order valence-corrected chi connectivity index (χ2v) is 6.34. The molecular formula is C22H25FN2O5. The van der Waals surface area contributed by atoms with Gasteiger partial charge in [0.15, 0.2) is 6.61 Å². The zero-order valence-corrected chi connectivity index (χ0v) is 17.0. The Hall–Kier alpha value is -3.42. The van der Waals surface area contributed by atoms with Gasteiger partial charge in [-0.1, -0.05) is 12.1 Å². The highest BCUT2D eigenvalue weighted by Gasteiger charge is 2.18. The molecule has 0 spiro atoms. The monoisotopic (exact) mass is 416 g/mol. The van der Waals surface area contributed by atoms with Crippen LogP contribution in [0.15, 0.2) is 48.5 Å². The van der Waals surface area contributed by atoms with Crippen LogP contribution < -0.4 is 10.1 Å². The zero-order valence-electron chi connectivity index (χ0n) is 17.0. The average Bonchev–Trinajstić information content (AvgIpc) is 2.76. The van der Waals surface area contributed by atoms with E-state index < -0.39 is 18.5 Å². The number of halogens is 1. The second kappa shape index (κ2) is 11.5. The Morgan fingerprint density at radius 1 is 1.00 bits per heavy atom. The third kappa shape index (κ3) is 7.20. The molecular weight excluding hydrogens is 391 g/mol. The molecule has 0 atom stereocenters. The Bertz CT molecular complexity index is 853. The molecule has 0 saturated heterocycles. The van der Waals surface area contributed by atoms with Crippen LogP contribution in [0.25, 0.3) is 0 Å². The number of rotatable bonds is 10. The van der Waals surface area contributed by atoms with Crippen molar-refractivity contribution in [3.8, 4) is 5.75 Å². The molecule has 1 N–H and O–H groups in total. The lowest BCUT2D eigenvalue weighted by molar-refractivity contribution is -0.138. The number of nitrogens with one attached hydrogen (secondary N) is 1. The lowest BCUT2D eigenvalue weighted by Gasteiger charge is -2.20. The Kier molecular flexibility index (Phi) is 8.80. The third-order valence-corrected chi connectivity index (χ3v) is 4.20. The van der Waals surface area contributed by atoms with E-state index in [1.54, 1.807) is 43.3 Å². The summed E-state index contributed by atoms with van der Waals surface area (Å²) < 4.78 is 23.3. The molecule has 0 unspecified atom stereocenters. The van der Waals surface area contributed by atoms with Gasteiger partial charge in [-0.3, -0.25) is 9.59 Å². The van der Waals surface area contributed by atoms with Gasteiger partial charge in [-0.05, 0) is 55.8 Å². The van der Waals surface area contributed by atoms with Crippen molar-refractivity contribution in [2.24, 2.45) is 0 Å². The van der Waals surface area contributed by atoms with E-state index in [2.05, 4.69) is 5.32 Å². The maximum Gasteiger partial charge on any atom is 0.338 e. The Morgan fingerprint density at radius 3 is 2.27 bits per heavy atom. The molecule has 0 aliphatic rings. The van der Waals surface area contributed by atoms with Gasteiger partial charge in [0.1, 0.15) is 11.6 Å². The number of amides is 2. The van der Waals surface area contributed by atoms with Crippen molar-refractivity contribution in [3.63, 3.8) is 0 Å². The molecule has 0 radical (unpaired) electrons. The van der Waals surface area contributed by atoms with E-state index in [-0.39, 0.29) is 31.4 Å². The summed E-state index contributed by atoms with van der Waals surface area (Å²) in [5.41, 5.74) is 1.04. The maximum absolute atomic E-state index is 12.9. The number of likely N-dealkylation sites (N-methyl/N-ethyl adjacent to an activating group) is 1. The van der Waals surface area contributed by atoms with Crippen molar-refractivity contribution < 1.29 is 28.2 Å². The average molecular weight is 416 g/mol. The normalized spacial score (nSPS) is 10.2. The number of carbonyl (C=O) groups excluding carboxylic acids is 3. The number of carbonyl (C=O) groups is 3. The van der Waals surface area contributed by atoms with Gasteiger partial charge in [0.05, 0.1) is 18.7 Å². The summed E-state index contributed by atoms with van der Waals surface area (Å²) in [6, 6.07) is 12.1. The number of esters is 1. The smallest absolute Gasteiger partial charge is 0.338 e. The molecule has 7 nitrogen and oxygen atoms in total. The van der Waals surface area contributed by atoms with Gasteiger partial charge in [-0.2, -0.15) is 0 Å². The summed E-state index contributed by atoms with van der Waals surface area (Å²) in [6.07, 6.45) is 0. The SMILES string of the molecule is CCOc1ccc(C(=O)OCC(=O)N(CC)CC(=O)NCc2ccc(F)cc2)cc1. The van der Waals surface area contributed by atoms with Crippen molar-refractivity contribution in [1.29, 1.82) is 0 Å². The molecule has 0 aliphatic heterocycles. The molecule has 0 heterocycles. The van der Waals surface area contributed by atoms with Crippen LogP contribution in [-0.2, 0) is 20.9 Å². The van der Waals surface area contributed by atoms with Crippen LogP contribution in [-0.4, -0.2) is 49.0 Å². The summed E-state index contributed by atoms with van der Waals surface area (Å²) in [5, 5.41) is 2.67. The first-order chi connectivity index (χ1) is 14.4. The van der Waals surface area contributed by atoms with E-state index in [9.17, 15) is 18.8 Å². The molecule has 2 rings (SSSR count). The molecule has 0 aromatic heterocycles. The fourth-order valence-corrected chi connectivity index (χ4v) is 2.56. The predicted octanol–water partition coefficient (Wildman–Crippen LogP) is 2.55. The van der Waals surface area contributed by atoms with E-state index in [0.29, 0.717) is 17.9 Å². The highest BCUT2D eigenvalue weighted by Crippen LogP contribution is 2.13. The number of benzene rings is 2. The third-order valence-electron chi connectivity index (χ3n) is 4.20. The van der Waals surface area contributed by atoms with Gasteiger partial charge < -0.3 is 19.7 Å². The van der Waals surface area contributed by atoms with Crippen molar-refractivity contribution >= 4 is 17.8 Å². The van der Waals surface area contributed by atoms with Crippen LogP contribution in [0.2, 0.25) is 0 Å². The minimum atomic E-state index is -0.636. The lowest BCUT2D eigenvalue weighted by atomic mass is 10.2. The largest absolute Gasteiger partial charge is 0.494 e. The van der Waals surface area contributed by atoms with Gasteiger partial charge in [-0.25, -0.2) is 9.18 Å². The highest BCUT2D eigenvalue weighted by atomic mass is 19.1. The van der Waals surface area contributed by atoms with Crippen LogP contribution in [0.5, 0.6) is 5.75 Å². The fraction of sp³-hybridized carbons (Fsp3) is 0.318. The van der Waals surface area contributed by atoms with E-state index in [1.165, 1.54) is 17.0 Å². The van der Waals surface area contributed by atoms with E-state index in [4.69, 9.17) is 9.47 Å². The number of hydrogen-bond acceptors (Lipinski definition) is 5. The fourth-order valence-electron chi connectivity index (χ4n) is 2.56. The zero-order chi connectivity index (χ0) is 21.9. The van der Waals surface area contributed by atoms with Crippen molar-refractivity contribution in [3.05, 3.63) is 65.5 Å². The van der Waals surface area contributed by atoms with Crippen molar-refractivity contribution in [2.75, 3.05) is 26.3 Å². The van der Waals surface area contributed by atoms with Crippen LogP contribution >= 0.6 is 0 Å². The molecule has 0 saturated carbocycles. The topological polar surface area (TPSA) is 84.9 Å². The Labute approximate surface area is 174 Å². The first kappa shape index (κ1) is 22.9. The molecule has 2 amide bonds. The first-order valence-corrected chi connectivity index (χ1v) is 9.61. The minimum absolute atomic E-state index is 0.170. The second-order valence-electron chi connectivity index (χ2n) is 6.34. The highest BCUT2D eigenvalue weighted by molar-refractivity contribution is 5.92. The maximum atomic E-state index is 12.9. The van der Waals surface area contributed by atoms with Gasteiger partial charge in [0.2, 0.25) is 5.91 Å². The molecule has 0 fully saturated rings. The van der Waals surface area contributed by atoms with Crippen LogP contribution in [0, 0.1) is 5.82 Å². The van der Waals surface area contributed by atoms with Gasteiger partial charge in [0.25, 0.3) is 5.91 Å². The van der Waals surface area contributed by atoms with E-state index in [0.717, 1.165) is 5.56 Å². The molecule has 8 heteroatoms. The van der Waals surface area contributed by atoms with E-state index >= 15 is 0 Å². The van der Waals surface area contributed by atoms with E-state index in [1.807, 2.05) is 6.92 Å². The predicted molar refractivity (Wildman–Crippen MR) is 108 cm³/mol. The molecule has 30 heavy (non-hydrogen) atoms. The summed E-state index contributed by atoms with van der Waals surface area (Å²) in [4.78, 5) is 37.8. The number of nitrogens with zero attached hydrogens (tertiary/aromatic N) is 1. The van der Waals surface area contributed by atoms with Crippen LogP contribution in [0.1, 0.15) is 29.8 Å². The summed E-state index contributed by atoms with van der Waals surface area (Å²) in [5.74, 6) is -1.20. The standard InChI is InChI=1S/C22H25FN2O5/c1-3-25(14-20(26)24-13-16-5-9-18(23)10-6-16)21(27)15-30-22(28)17-7-11-19(12-8-17)29-4-2/h5-12H,3-4,13-15H2,1-2H3,(H,24,26). The first-order valence-electron chi connectivity index (χ1n) is 9.61. The summed E-state index contributed by atoms with van der Waals surface area (Å²) in [6.45, 7) is 3.96. The molecule has 2 aromatic carbocycles. The molecule has 160 valence electrons. The van der Waals surface area contributed by atoms with Crippen molar-refractivity contribution in [1.82, 2.24) is 10.2 Å². The van der Waals surface area contributed by atoms with Crippen LogP contribution in [0.3, 0.4) is 0 Å². The summed E-state index contributed by atoms with van der Waals surface area (Å²) >= 11 is 0. The molecule has 0 aliphatic carbocycles. The summed E-state index contributed by atoms with van der Waals surface area (Å²) in [7, 11) is 0. The van der Waals surface area contributed by atoms with Gasteiger partial charge >= 0.3 is 5.97 Å². The minimum Gasteiger partial charge on any atom is -0.494 e. The number of ether oxygens (including phenoxy) is 2.